The number of amides is 1. The Hall–Kier alpha value is -2.89. The molecule has 0 bridgehead atoms. The summed E-state index contributed by atoms with van der Waals surface area (Å²) in [6.45, 7) is 3.20. The van der Waals surface area contributed by atoms with E-state index in [1.807, 2.05) is 29.2 Å². The molecule has 0 atom stereocenters. The highest BCUT2D eigenvalue weighted by Crippen LogP contribution is 2.49. The zero-order chi connectivity index (χ0) is 19.7. The summed E-state index contributed by atoms with van der Waals surface area (Å²) in [7, 11) is 0. The highest BCUT2D eigenvalue weighted by Gasteiger charge is 2.52. The van der Waals surface area contributed by atoms with Gasteiger partial charge in [-0.25, -0.2) is 4.98 Å². The first-order valence-electron chi connectivity index (χ1n) is 10.6. The zero-order valence-electron chi connectivity index (χ0n) is 16.7. The second-order valence-corrected chi connectivity index (χ2v) is 8.45. The lowest BCUT2D eigenvalue weighted by atomic mass is 9.94. The summed E-state index contributed by atoms with van der Waals surface area (Å²) in [5.41, 5.74) is 1.07. The molecule has 0 N–H and O–H groups in total. The SMILES string of the molecule is O=C(N1CCC(c2nccn2Cc2ccccc2)CC1)C1(Cn2cccn2)CC1. The summed E-state index contributed by atoms with van der Waals surface area (Å²) in [5, 5.41) is 4.29. The van der Waals surface area contributed by atoms with Gasteiger partial charge in [0.1, 0.15) is 5.82 Å². The normalized spacial score (nSPS) is 18.7. The van der Waals surface area contributed by atoms with Gasteiger partial charge in [-0.2, -0.15) is 5.10 Å². The summed E-state index contributed by atoms with van der Waals surface area (Å²) in [6, 6.07) is 12.4. The number of hydrogen-bond acceptors (Lipinski definition) is 3. The van der Waals surface area contributed by atoms with E-state index in [1.54, 1.807) is 6.20 Å². The van der Waals surface area contributed by atoms with Crippen LogP contribution in [0.4, 0.5) is 0 Å². The van der Waals surface area contributed by atoms with E-state index in [4.69, 9.17) is 0 Å². The number of piperidine rings is 1. The molecule has 0 unspecified atom stereocenters. The average molecular weight is 390 g/mol. The van der Waals surface area contributed by atoms with Crippen LogP contribution in [0.2, 0.25) is 0 Å². The smallest absolute Gasteiger partial charge is 0.230 e. The Morgan fingerprint density at radius 1 is 1.03 bits per heavy atom. The van der Waals surface area contributed by atoms with Crippen LogP contribution < -0.4 is 0 Å². The van der Waals surface area contributed by atoms with Crippen molar-refractivity contribution >= 4 is 5.91 Å². The standard InChI is InChI=1S/C23H27N5O/c29-22(23(9-10-23)18-28-13-4-11-25-28)26-14-7-20(8-15-26)21-24-12-16-27(21)17-19-5-2-1-3-6-19/h1-6,11-13,16,20H,7-10,14-15,17-18H2. The molecule has 29 heavy (non-hydrogen) atoms. The van der Waals surface area contributed by atoms with Crippen molar-refractivity contribution in [3.05, 3.63) is 72.6 Å². The van der Waals surface area contributed by atoms with E-state index in [1.165, 1.54) is 5.56 Å². The topological polar surface area (TPSA) is 56.0 Å². The van der Waals surface area contributed by atoms with Gasteiger partial charge in [-0.3, -0.25) is 9.48 Å². The van der Waals surface area contributed by atoms with Crippen LogP contribution in [0.3, 0.4) is 0 Å². The quantitative estimate of drug-likeness (QED) is 0.650. The fraction of sp³-hybridized carbons (Fsp3) is 0.435. The Bertz CT molecular complexity index is 950. The lowest BCUT2D eigenvalue weighted by molar-refractivity contribution is -0.138. The lowest BCUT2D eigenvalue weighted by Gasteiger charge is -2.34. The number of benzene rings is 1. The van der Waals surface area contributed by atoms with E-state index in [0.717, 1.165) is 51.1 Å². The first-order valence-corrected chi connectivity index (χ1v) is 10.6. The van der Waals surface area contributed by atoms with Gasteiger partial charge in [0, 0.05) is 50.3 Å². The van der Waals surface area contributed by atoms with Crippen molar-refractivity contribution in [2.45, 2.75) is 44.7 Å². The third kappa shape index (κ3) is 3.71. The van der Waals surface area contributed by atoms with Crippen LogP contribution >= 0.6 is 0 Å². The third-order valence-electron chi connectivity index (χ3n) is 6.42. The minimum atomic E-state index is -0.218. The zero-order valence-corrected chi connectivity index (χ0v) is 16.7. The maximum Gasteiger partial charge on any atom is 0.230 e. The molecule has 3 heterocycles. The number of nitrogens with zero attached hydrogens (tertiary/aromatic N) is 5. The van der Waals surface area contributed by atoms with E-state index >= 15 is 0 Å². The molecule has 3 aromatic rings. The summed E-state index contributed by atoms with van der Waals surface area (Å²) >= 11 is 0. The van der Waals surface area contributed by atoms with Gasteiger partial charge in [-0.05, 0) is 37.3 Å². The molecule has 6 nitrogen and oxygen atoms in total. The number of carbonyl (C=O) groups is 1. The second-order valence-electron chi connectivity index (χ2n) is 8.45. The van der Waals surface area contributed by atoms with E-state index in [0.29, 0.717) is 18.4 Å². The Labute approximate surface area is 171 Å². The van der Waals surface area contributed by atoms with Gasteiger partial charge in [-0.15, -0.1) is 0 Å². The van der Waals surface area contributed by atoms with Crippen LogP contribution in [0, 0.1) is 5.41 Å². The lowest BCUT2D eigenvalue weighted by Crippen LogP contribution is -2.43. The minimum absolute atomic E-state index is 0.218. The number of imidazole rings is 1. The van der Waals surface area contributed by atoms with Crippen molar-refractivity contribution in [3.8, 4) is 0 Å². The maximum absolute atomic E-state index is 13.2. The van der Waals surface area contributed by atoms with Crippen molar-refractivity contribution in [3.63, 3.8) is 0 Å². The van der Waals surface area contributed by atoms with Crippen molar-refractivity contribution < 1.29 is 4.79 Å². The van der Waals surface area contributed by atoms with Crippen molar-refractivity contribution in [2.24, 2.45) is 5.41 Å². The van der Waals surface area contributed by atoms with Crippen molar-refractivity contribution in [1.29, 1.82) is 0 Å². The van der Waals surface area contributed by atoms with Gasteiger partial charge in [0.05, 0.1) is 12.0 Å². The summed E-state index contributed by atoms with van der Waals surface area (Å²) in [6.07, 6.45) is 11.6. The number of hydrogen-bond donors (Lipinski definition) is 0. The molecule has 1 aromatic carbocycles. The molecule has 0 spiro atoms. The van der Waals surface area contributed by atoms with Crippen molar-refractivity contribution in [1.82, 2.24) is 24.2 Å². The van der Waals surface area contributed by atoms with Gasteiger partial charge >= 0.3 is 0 Å². The third-order valence-corrected chi connectivity index (χ3v) is 6.42. The molecule has 2 aromatic heterocycles. The van der Waals surface area contributed by atoms with Crippen LogP contribution in [0.5, 0.6) is 0 Å². The minimum Gasteiger partial charge on any atom is -0.342 e. The maximum atomic E-state index is 13.2. The molecular formula is C23H27N5O. The Morgan fingerprint density at radius 2 is 1.83 bits per heavy atom. The molecule has 1 saturated carbocycles. The molecule has 1 aliphatic carbocycles. The molecule has 5 rings (SSSR count). The molecule has 1 saturated heterocycles. The predicted octanol–water partition coefficient (Wildman–Crippen LogP) is 3.31. The van der Waals surface area contributed by atoms with E-state index < -0.39 is 0 Å². The predicted molar refractivity (Wildman–Crippen MR) is 110 cm³/mol. The van der Waals surface area contributed by atoms with Gasteiger partial charge in [0.2, 0.25) is 5.91 Å². The number of rotatable bonds is 6. The van der Waals surface area contributed by atoms with Gasteiger partial charge < -0.3 is 9.47 Å². The summed E-state index contributed by atoms with van der Waals surface area (Å²) in [4.78, 5) is 19.9. The van der Waals surface area contributed by atoms with Crippen LogP contribution in [0.15, 0.2) is 61.2 Å². The second kappa shape index (κ2) is 7.50. The van der Waals surface area contributed by atoms with Gasteiger partial charge in [-0.1, -0.05) is 30.3 Å². The largest absolute Gasteiger partial charge is 0.342 e. The van der Waals surface area contributed by atoms with Crippen LogP contribution in [0.1, 0.15) is 43.0 Å². The number of carbonyl (C=O) groups excluding carboxylic acids is 1. The summed E-state index contributed by atoms with van der Waals surface area (Å²) in [5.74, 6) is 1.89. The summed E-state index contributed by atoms with van der Waals surface area (Å²) < 4.78 is 4.16. The fourth-order valence-corrected chi connectivity index (χ4v) is 4.57. The Morgan fingerprint density at radius 3 is 2.52 bits per heavy atom. The molecule has 2 aliphatic rings. The molecule has 1 amide bonds. The van der Waals surface area contributed by atoms with Gasteiger partial charge in [0.15, 0.2) is 0 Å². The van der Waals surface area contributed by atoms with Crippen LogP contribution in [0.25, 0.3) is 0 Å². The van der Waals surface area contributed by atoms with Gasteiger partial charge in [0.25, 0.3) is 0 Å². The number of aromatic nitrogens is 4. The number of likely N-dealkylation sites (tertiary alicyclic amines) is 1. The van der Waals surface area contributed by atoms with Crippen molar-refractivity contribution in [2.75, 3.05) is 13.1 Å². The van der Waals surface area contributed by atoms with Crippen LogP contribution in [-0.4, -0.2) is 43.2 Å². The Balaban J connectivity index is 1.21. The molecule has 150 valence electrons. The molecule has 2 fully saturated rings. The monoisotopic (exact) mass is 389 g/mol. The molecule has 0 radical (unpaired) electrons. The van der Waals surface area contributed by atoms with E-state index in [-0.39, 0.29) is 5.41 Å². The average Bonchev–Trinajstić information content (AvgIpc) is 3.13. The molecular weight excluding hydrogens is 362 g/mol. The Kier molecular flexibility index (Phi) is 4.70. The highest BCUT2D eigenvalue weighted by atomic mass is 16.2. The highest BCUT2D eigenvalue weighted by molar-refractivity contribution is 5.85. The molecule has 1 aliphatic heterocycles. The van der Waals surface area contributed by atoms with E-state index in [2.05, 4.69) is 50.0 Å². The molecule has 6 heteroatoms. The first kappa shape index (κ1) is 18.2. The fourth-order valence-electron chi connectivity index (χ4n) is 4.57. The first-order chi connectivity index (χ1) is 14.2. The van der Waals surface area contributed by atoms with E-state index in [9.17, 15) is 4.79 Å². The van der Waals surface area contributed by atoms with Crippen LogP contribution in [-0.2, 0) is 17.9 Å².